The Bertz CT molecular complexity index is 929. The van der Waals surface area contributed by atoms with E-state index in [0.717, 1.165) is 5.69 Å². The standard InChI is InChI=1S/C18H17F3N6O.HI/c19-18(20,21)28-15-8-6-13(7-9-15)10-23-17(22)24-11-16-26-25-12-27(16)14-4-2-1-3-5-14;/h1-9,12H,10-11H2,(H3,22,23,24);1H. The maximum Gasteiger partial charge on any atom is 0.573 e. The average molecular weight is 518 g/mol. The third-order valence-corrected chi connectivity index (χ3v) is 3.67. The predicted molar refractivity (Wildman–Crippen MR) is 112 cm³/mol. The molecule has 0 aliphatic rings. The Morgan fingerprint density at radius 1 is 1.10 bits per heavy atom. The molecular formula is C18H18F3IN6O. The summed E-state index contributed by atoms with van der Waals surface area (Å²) in [6.07, 6.45) is -3.11. The summed E-state index contributed by atoms with van der Waals surface area (Å²) < 4.78 is 42.1. The van der Waals surface area contributed by atoms with Crippen LogP contribution in [-0.2, 0) is 13.1 Å². The van der Waals surface area contributed by atoms with Crippen molar-refractivity contribution in [3.8, 4) is 11.4 Å². The quantitative estimate of drug-likeness (QED) is 0.297. The molecule has 154 valence electrons. The molecule has 11 heteroatoms. The molecule has 3 aromatic rings. The van der Waals surface area contributed by atoms with E-state index >= 15 is 0 Å². The first-order valence-corrected chi connectivity index (χ1v) is 8.23. The van der Waals surface area contributed by atoms with Gasteiger partial charge in [-0.1, -0.05) is 30.3 Å². The van der Waals surface area contributed by atoms with E-state index in [0.29, 0.717) is 17.9 Å². The fourth-order valence-corrected chi connectivity index (χ4v) is 2.38. The van der Waals surface area contributed by atoms with Gasteiger partial charge in [0.25, 0.3) is 0 Å². The molecule has 0 fully saturated rings. The number of nitrogens with zero attached hydrogens (tertiary/aromatic N) is 4. The van der Waals surface area contributed by atoms with Gasteiger partial charge in [0.1, 0.15) is 12.1 Å². The number of aromatic nitrogens is 3. The van der Waals surface area contributed by atoms with Gasteiger partial charge in [-0.2, -0.15) is 0 Å². The SMILES string of the molecule is I.NC(=NCc1ccc(OC(F)(F)F)cc1)NCc1nncn1-c1ccccc1. The number of para-hydroxylation sites is 1. The van der Waals surface area contributed by atoms with Crippen LogP contribution in [0.25, 0.3) is 5.69 Å². The van der Waals surface area contributed by atoms with Gasteiger partial charge in [0.15, 0.2) is 11.8 Å². The number of nitrogens with two attached hydrogens (primary N) is 1. The molecule has 0 amide bonds. The minimum absolute atomic E-state index is 0. The topological polar surface area (TPSA) is 90.3 Å². The van der Waals surface area contributed by atoms with Gasteiger partial charge in [-0.3, -0.25) is 4.57 Å². The zero-order valence-electron chi connectivity index (χ0n) is 15.0. The summed E-state index contributed by atoms with van der Waals surface area (Å²) in [5, 5.41) is 10.9. The number of ether oxygens (including phenoxy) is 1. The maximum atomic E-state index is 12.2. The van der Waals surface area contributed by atoms with Crippen molar-refractivity contribution in [2.24, 2.45) is 10.7 Å². The van der Waals surface area contributed by atoms with Crippen molar-refractivity contribution in [1.29, 1.82) is 0 Å². The highest BCUT2D eigenvalue weighted by atomic mass is 127. The number of halogens is 4. The number of guanidine groups is 1. The van der Waals surface area contributed by atoms with E-state index in [4.69, 9.17) is 5.73 Å². The molecule has 3 rings (SSSR count). The van der Waals surface area contributed by atoms with Gasteiger partial charge in [-0.15, -0.1) is 47.3 Å². The highest BCUT2D eigenvalue weighted by Crippen LogP contribution is 2.22. The van der Waals surface area contributed by atoms with Crippen LogP contribution in [0.2, 0.25) is 0 Å². The minimum atomic E-state index is -4.71. The molecule has 3 N–H and O–H groups in total. The largest absolute Gasteiger partial charge is 0.573 e. The van der Waals surface area contributed by atoms with Crippen molar-refractivity contribution in [3.63, 3.8) is 0 Å². The molecule has 0 aliphatic carbocycles. The van der Waals surface area contributed by atoms with Crippen molar-refractivity contribution in [2.45, 2.75) is 19.5 Å². The first kappa shape index (κ1) is 22.5. The van der Waals surface area contributed by atoms with Crippen LogP contribution >= 0.6 is 24.0 Å². The number of benzene rings is 2. The lowest BCUT2D eigenvalue weighted by Crippen LogP contribution is -2.32. The van der Waals surface area contributed by atoms with Crippen LogP contribution in [-0.4, -0.2) is 27.1 Å². The third-order valence-electron chi connectivity index (χ3n) is 3.67. The van der Waals surface area contributed by atoms with Crippen LogP contribution in [0.5, 0.6) is 5.75 Å². The number of alkyl halides is 3. The van der Waals surface area contributed by atoms with Gasteiger partial charge in [0, 0.05) is 5.69 Å². The van der Waals surface area contributed by atoms with E-state index in [-0.39, 0.29) is 42.2 Å². The lowest BCUT2D eigenvalue weighted by molar-refractivity contribution is -0.274. The summed E-state index contributed by atoms with van der Waals surface area (Å²) in [5.41, 5.74) is 7.45. The zero-order valence-corrected chi connectivity index (χ0v) is 17.3. The first-order chi connectivity index (χ1) is 13.4. The molecule has 0 bridgehead atoms. The molecule has 29 heavy (non-hydrogen) atoms. The van der Waals surface area contributed by atoms with Crippen molar-refractivity contribution >= 4 is 29.9 Å². The summed E-state index contributed by atoms with van der Waals surface area (Å²) >= 11 is 0. The number of rotatable bonds is 6. The van der Waals surface area contributed by atoms with E-state index in [1.54, 1.807) is 6.33 Å². The minimum Gasteiger partial charge on any atom is -0.406 e. The summed E-state index contributed by atoms with van der Waals surface area (Å²) in [6.45, 7) is 0.513. The lowest BCUT2D eigenvalue weighted by atomic mass is 10.2. The molecule has 7 nitrogen and oxygen atoms in total. The van der Waals surface area contributed by atoms with Crippen molar-refractivity contribution in [1.82, 2.24) is 20.1 Å². The van der Waals surface area contributed by atoms with E-state index in [1.807, 2.05) is 34.9 Å². The molecule has 0 saturated heterocycles. The van der Waals surface area contributed by atoms with Gasteiger partial charge < -0.3 is 15.8 Å². The molecule has 0 unspecified atom stereocenters. The van der Waals surface area contributed by atoms with Crippen LogP contribution in [0.15, 0.2) is 65.9 Å². The molecule has 0 atom stereocenters. The monoisotopic (exact) mass is 518 g/mol. The molecule has 1 heterocycles. The summed E-state index contributed by atoms with van der Waals surface area (Å²) in [4.78, 5) is 4.16. The van der Waals surface area contributed by atoms with Gasteiger partial charge in [0.05, 0.1) is 13.1 Å². The van der Waals surface area contributed by atoms with Crippen molar-refractivity contribution in [3.05, 3.63) is 72.3 Å². The van der Waals surface area contributed by atoms with E-state index in [1.165, 1.54) is 24.3 Å². The number of nitrogens with one attached hydrogen (secondary N) is 1. The van der Waals surface area contributed by atoms with E-state index < -0.39 is 6.36 Å². The van der Waals surface area contributed by atoms with E-state index in [9.17, 15) is 13.2 Å². The second-order valence-electron chi connectivity index (χ2n) is 5.70. The highest BCUT2D eigenvalue weighted by Gasteiger charge is 2.30. The Labute approximate surface area is 181 Å². The Hall–Kier alpha value is -2.83. The van der Waals surface area contributed by atoms with Crippen LogP contribution in [0.1, 0.15) is 11.4 Å². The van der Waals surface area contributed by atoms with Crippen LogP contribution in [0.3, 0.4) is 0 Å². The molecule has 1 aromatic heterocycles. The molecule has 0 spiro atoms. The lowest BCUT2D eigenvalue weighted by Gasteiger charge is -2.09. The Morgan fingerprint density at radius 3 is 2.45 bits per heavy atom. The summed E-state index contributed by atoms with van der Waals surface area (Å²) in [7, 11) is 0. The van der Waals surface area contributed by atoms with Crippen molar-refractivity contribution in [2.75, 3.05) is 0 Å². The second-order valence-corrected chi connectivity index (χ2v) is 5.70. The fourth-order valence-electron chi connectivity index (χ4n) is 2.38. The predicted octanol–water partition coefficient (Wildman–Crippen LogP) is 3.39. The van der Waals surface area contributed by atoms with Gasteiger partial charge in [0.2, 0.25) is 0 Å². The normalized spacial score (nSPS) is 11.6. The maximum absolute atomic E-state index is 12.2. The molecule has 0 radical (unpaired) electrons. The molecule has 0 saturated carbocycles. The molecule has 0 aliphatic heterocycles. The summed E-state index contributed by atoms with van der Waals surface area (Å²) in [5.74, 6) is 0.544. The Kier molecular flexibility index (Phi) is 7.82. The number of hydrogen-bond acceptors (Lipinski definition) is 4. The van der Waals surface area contributed by atoms with Crippen LogP contribution in [0, 0.1) is 0 Å². The molecular weight excluding hydrogens is 500 g/mol. The number of hydrogen-bond donors (Lipinski definition) is 2. The Balaban J connectivity index is 0.00000300. The van der Waals surface area contributed by atoms with Crippen LogP contribution in [0.4, 0.5) is 13.2 Å². The van der Waals surface area contributed by atoms with Crippen molar-refractivity contribution < 1.29 is 17.9 Å². The molecule has 2 aromatic carbocycles. The average Bonchev–Trinajstić information content (AvgIpc) is 3.14. The second kappa shape index (κ2) is 10.1. The first-order valence-electron chi connectivity index (χ1n) is 8.23. The van der Waals surface area contributed by atoms with Crippen LogP contribution < -0.4 is 15.8 Å². The van der Waals surface area contributed by atoms with E-state index in [2.05, 4.69) is 25.2 Å². The van der Waals surface area contributed by atoms with Gasteiger partial charge >= 0.3 is 6.36 Å². The zero-order chi connectivity index (χ0) is 20.0. The Morgan fingerprint density at radius 2 is 1.79 bits per heavy atom. The number of aliphatic imine (C=N–C) groups is 1. The smallest absolute Gasteiger partial charge is 0.406 e. The van der Waals surface area contributed by atoms with Gasteiger partial charge in [-0.05, 0) is 29.8 Å². The summed E-state index contributed by atoms with van der Waals surface area (Å²) in [6, 6.07) is 15.0. The fraction of sp³-hybridized carbons (Fsp3) is 0.167. The highest BCUT2D eigenvalue weighted by molar-refractivity contribution is 14.0. The third kappa shape index (κ3) is 6.93. The van der Waals surface area contributed by atoms with Gasteiger partial charge in [-0.25, -0.2) is 4.99 Å².